The highest BCUT2D eigenvalue weighted by Crippen LogP contribution is 2.37. The predicted octanol–water partition coefficient (Wildman–Crippen LogP) is 3.91. The molecule has 0 spiro atoms. The summed E-state index contributed by atoms with van der Waals surface area (Å²) < 4.78 is 6.01. The fourth-order valence-corrected chi connectivity index (χ4v) is 3.32. The van der Waals surface area contributed by atoms with Crippen LogP contribution in [-0.2, 0) is 11.2 Å². The number of aromatic nitrogens is 1. The maximum absolute atomic E-state index is 13.0. The molecule has 24 heavy (non-hydrogen) atoms. The summed E-state index contributed by atoms with van der Waals surface area (Å²) in [7, 11) is 0. The van der Waals surface area contributed by atoms with Gasteiger partial charge < -0.3 is 14.6 Å². The lowest BCUT2D eigenvalue weighted by molar-refractivity contribution is -0.118. The molecule has 4 nitrogen and oxygen atoms in total. The Hall–Kier alpha value is -2.75. The van der Waals surface area contributed by atoms with E-state index in [1.54, 1.807) is 0 Å². The van der Waals surface area contributed by atoms with E-state index in [4.69, 9.17) is 4.74 Å². The van der Waals surface area contributed by atoms with Crippen LogP contribution in [0.4, 0.5) is 5.69 Å². The SMILES string of the molecule is CC1(C)CN(C(=O)Cc2c[nH]c3ccccc23)c2ccccc2O1. The Bertz CT molecular complexity index is 911. The predicted molar refractivity (Wildman–Crippen MR) is 95.5 cm³/mol. The molecule has 3 aromatic rings. The Morgan fingerprint density at radius 2 is 1.92 bits per heavy atom. The number of amides is 1. The van der Waals surface area contributed by atoms with Crippen molar-refractivity contribution in [1.82, 2.24) is 4.98 Å². The highest BCUT2D eigenvalue weighted by molar-refractivity contribution is 5.99. The third-order valence-corrected chi connectivity index (χ3v) is 4.40. The molecule has 0 fully saturated rings. The molecule has 4 rings (SSSR count). The van der Waals surface area contributed by atoms with Gasteiger partial charge in [0.25, 0.3) is 0 Å². The highest BCUT2D eigenvalue weighted by atomic mass is 16.5. The summed E-state index contributed by atoms with van der Waals surface area (Å²) in [6.07, 6.45) is 2.30. The molecule has 1 amide bonds. The van der Waals surface area contributed by atoms with E-state index < -0.39 is 5.60 Å². The number of hydrogen-bond acceptors (Lipinski definition) is 2. The molecule has 0 bridgehead atoms. The number of para-hydroxylation sites is 3. The molecule has 0 radical (unpaired) electrons. The van der Waals surface area contributed by atoms with E-state index >= 15 is 0 Å². The number of nitrogens with zero attached hydrogens (tertiary/aromatic N) is 1. The van der Waals surface area contributed by atoms with Crippen LogP contribution in [0.3, 0.4) is 0 Å². The molecular weight excluding hydrogens is 300 g/mol. The number of fused-ring (bicyclic) bond motifs is 2. The van der Waals surface area contributed by atoms with Crippen LogP contribution in [-0.4, -0.2) is 23.0 Å². The molecular formula is C20H20N2O2. The number of H-pyrrole nitrogens is 1. The Morgan fingerprint density at radius 1 is 1.17 bits per heavy atom. The summed E-state index contributed by atoms with van der Waals surface area (Å²) in [4.78, 5) is 18.1. The fourth-order valence-electron chi connectivity index (χ4n) is 3.32. The standard InChI is InChI=1S/C20H20N2O2/c1-20(2)13-22(17-9-5-6-10-18(17)24-20)19(23)11-14-12-21-16-8-4-3-7-15(14)16/h3-10,12,21H,11,13H2,1-2H3. The quantitative estimate of drug-likeness (QED) is 0.778. The fraction of sp³-hybridized carbons (Fsp3) is 0.250. The first-order valence-electron chi connectivity index (χ1n) is 8.17. The highest BCUT2D eigenvalue weighted by Gasteiger charge is 2.34. The number of benzene rings is 2. The van der Waals surface area contributed by atoms with Crippen molar-refractivity contribution in [1.29, 1.82) is 0 Å². The van der Waals surface area contributed by atoms with E-state index in [2.05, 4.69) is 4.98 Å². The van der Waals surface area contributed by atoms with Gasteiger partial charge in [0.15, 0.2) is 0 Å². The minimum atomic E-state index is -0.399. The molecule has 1 aromatic heterocycles. The van der Waals surface area contributed by atoms with E-state index in [9.17, 15) is 4.79 Å². The monoisotopic (exact) mass is 320 g/mol. The second-order valence-electron chi connectivity index (χ2n) is 6.85. The summed E-state index contributed by atoms with van der Waals surface area (Å²) >= 11 is 0. The molecule has 0 aliphatic carbocycles. The molecule has 0 saturated carbocycles. The Labute approximate surface area is 141 Å². The Kier molecular flexibility index (Phi) is 3.34. The lowest BCUT2D eigenvalue weighted by Crippen LogP contribution is -2.49. The number of ether oxygens (including phenoxy) is 1. The first-order chi connectivity index (χ1) is 11.5. The molecule has 1 N–H and O–H groups in total. The van der Waals surface area contributed by atoms with Crippen molar-refractivity contribution in [3.63, 3.8) is 0 Å². The van der Waals surface area contributed by atoms with Gasteiger partial charge in [-0.3, -0.25) is 4.79 Å². The van der Waals surface area contributed by atoms with Crippen LogP contribution >= 0.6 is 0 Å². The number of nitrogens with one attached hydrogen (secondary N) is 1. The minimum absolute atomic E-state index is 0.0866. The third kappa shape index (κ3) is 2.54. The largest absolute Gasteiger partial charge is 0.484 e. The van der Waals surface area contributed by atoms with Gasteiger partial charge in [0.05, 0.1) is 18.7 Å². The average molecular weight is 320 g/mol. The summed E-state index contributed by atoms with van der Waals surface area (Å²) in [5.74, 6) is 0.851. The molecule has 2 heterocycles. The van der Waals surface area contributed by atoms with Gasteiger partial charge in [0.2, 0.25) is 5.91 Å². The topological polar surface area (TPSA) is 45.3 Å². The molecule has 1 aliphatic heterocycles. The first kappa shape index (κ1) is 14.8. The lowest BCUT2D eigenvalue weighted by atomic mass is 10.0. The van der Waals surface area contributed by atoms with Crippen molar-refractivity contribution >= 4 is 22.5 Å². The lowest BCUT2D eigenvalue weighted by Gasteiger charge is -2.39. The molecule has 1 aliphatic rings. The molecule has 0 saturated heterocycles. The maximum atomic E-state index is 13.0. The second kappa shape index (κ2) is 5.41. The van der Waals surface area contributed by atoms with Gasteiger partial charge in [0, 0.05) is 17.1 Å². The number of carbonyl (C=O) groups is 1. The Balaban J connectivity index is 1.67. The van der Waals surface area contributed by atoms with Crippen LogP contribution in [0, 0.1) is 0 Å². The van der Waals surface area contributed by atoms with Gasteiger partial charge in [-0.15, -0.1) is 0 Å². The third-order valence-electron chi connectivity index (χ3n) is 4.40. The molecule has 0 atom stereocenters. The number of rotatable bonds is 2. The van der Waals surface area contributed by atoms with E-state index in [0.717, 1.165) is 27.9 Å². The number of anilines is 1. The molecule has 4 heteroatoms. The zero-order valence-corrected chi connectivity index (χ0v) is 13.9. The van der Waals surface area contributed by atoms with Crippen molar-refractivity contribution in [3.8, 4) is 5.75 Å². The van der Waals surface area contributed by atoms with Crippen LogP contribution in [0.2, 0.25) is 0 Å². The normalized spacial score (nSPS) is 15.8. The minimum Gasteiger partial charge on any atom is -0.484 e. The van der Waals surface area contributed by atoms with Crippen LogP contribution in [0.15, 0.2) is 54.7 Å². The Morgan fingerprint density at radius 3 is 2.79 bits per heavy atom. The molecule has 0 unspecified atom stereocenters. The smallest absolute Gasteiger partial charge is 0.231 e. The van der Waals surface area contributed by atoms with Gasteiger partial charge in [-0.2, -0.15) is 0 Å². The number of aromatic amines is 1. The number of carbonyl (C=O) groups excluding carboxylic acids is 1. The summed E-state index contributed by atoms with van der Waals surface area (Å²) in [6, 6.07) is 15.8. The zero-order chi connectivity index (χ0) is 16.7. The van der Waals surface area contributed by atoms with E-state index in [1.165, 1.54) is 0 Å². The second-order valence-corrected chi connectivity index (χ2v) is 6.85. The van der Waals surface area contributed by atoms with Crippen LogP contribution in [0.25, 0.3) is 10.9 Å². The van der Waals surface area contributed by atoms with Crippen molar-refractivity contribution in [3.05, 3.63) is 60.3 Å². The summed E-state index contributed by atoms with van der Waals surface area (Å²) in [5, 5.41) is 1.10. The van der Waals surface area contributed by atoms with Crippen LogP contribution in [0.5, 0.6) is 5.75 Å². The van der Waals surface area contributed by atoms with Gasteiger partial charge in [-0.1, -0.05) is 30.3 Å². The van der Waals surface area contributed by atoms with Crippen LogP contribution in [0.1, 0.15) is 19.4 Å². The van der Waals surface area contributed by atoms with Gasteiger partial charge in [-0.05, 0) is 37.6 Å². The summed E-state index contributed by atoms with van der Waals surface area (Å²) in [6.45, 7) is 4.56. The first-order valence-corrected chi connectivity index (χ1v) is 8.17. The summed E-state index contributed by atoms with van der Waals surface area (Å²) in [5.41, 5.74) is 2.53. The number of hydrogen-bond donors (Lipinski definition) is 1. The molecule has 2 aromatic carbocycles. The van der Waals surface area contributed by atoms with Crippen molar-refractivity contribution < 1.29 is 9.53 Å². The van der Waals surface area contributed by atoms with Crippen LogP contribution < -0.4 is 9.64 Å². The van der Waals surface area contributed by atoms with Crippen molar-refractivity contribution in [2.75, 3.05) is 11.4 Å². The van der Waals surface area contributed by atoms with Crippen molar-refractivity contribution in [2.24, 2.45) is 0 Å². The van der Waals surface area contributed by atoms with Gasteiger partial charge in [0.1, 0.15) is 11.4 Å². The van der Waals surface area contributed by atoms with E-state index in [-0.39, 0.29) is 5.91 Å². The maximum Gasteiger partial charge on any atom is 0.231 e. The van der Waals surface area contributed by atoms with Gasteiger partial charge >= 0.3 is 0 Å². The van der Waals surface area contributed by atoms with E-state index in [0.29, 0.717) is 13.0 Å². The van der Waals surface area contributed by atoms with Crippen molar-refractivity contribution in [2.45, 2.75) is 25.9 Å². The zero-order valence-electron chi connectivity index (χ0n) is 13.9. The molecule has 122 valence electrons. The van der Waals surface area contributed by atoms with Gasteiger partial charge in [-0.25, -0.2) is 0 Å². The van der Waals surface area contributed by atoms with E-state index in [1.807, 2.05) is 73.5 Å². The average Bonchev–Trinajstić information content (AvgIpc) is 2.96.